The van der Waals surface area contributed by atoms with E-state index in [0.29, 0.717) is 22.4 Å². The van der Waals surface area contributed by atoms with Crippen molar-refractivity contribution in [2.75, 3.05) is 10.6 Å². The van der Waals surface area contributed by atoms with Gasteiger partial charge in [0.2, 0.25) is 5.95 Å². The number of benzene rings is 2. The van der Waals surface area contributed by atoms with E-state index in [9.17, 15) is 0 Å². The van der Waals surface area contributed by atoms with Crippen LogP contribution < -0.4 is 10.6 Å². The quantitative estimate of drug-likeness (QED) is 0.647. The Morgan fingerprint density at radius 1 is 1.00 bits per heavy atom. The zero-order chi connectivity index (χ0) is 18.7. The fourth-order valence-corrected chi connectivity index (χ4v) is 2.91. The minimum absolute atomic E-state index is 0.414. The van der Waals surface area contributed by atoms with Crippen molar-refractivity contribution in [3.05, 3.63) is 69.9 Å². The molecule has 0 aliphatic rings. The summed E-state index contributed by atoms with van der Waals surface area (Å²) in [5, 5.41) is 15.7. The largest absolute Gasteiger partial charge is 0.339 e. The maximum atomic E-state index is 8.88. The third-order valence-corrected chi connectivity index (χ3v) is 4.21. The Morgan fingerprint density at radius 2 is 1.65 bits per heavy atom. The summed E-state index contributed by atoms with van der Waals surface area (Å²) in [6, 6.07) is 13.4. The van der Waals surface area contributed by atoms with Crippen LogP contribution in [0.2, 0.25) is 5.02 Å². The lowest BCUT2D eigenvalue weighted by molar-refractivity contribution is 1.15. The van der Waals surface area contributed by atoms with Crippen LogP contribution in [-0.4, -0.2) is 9.97 Å². The monoisotopic (exact) mass is 363 g/mol. The van der Waals surface area contributed by atoms with Gasteiger partial charge in [-0.2, -0.15) is 10.2 Å². The molecule has 0 amide bonds. The molecule has 26 heavy (non-hydrogen) atoms. The van der Waals surface area contributed by atoms with Crippen LogP contribution in [0.5, 0.6) is 0 Å². The smallest absolute Gasteiger partial charge is 0.229 e. The zero-order valence-electron chi connectivity index (χ0n) is 14.8. The summed E-state index contributed by atoms with van der Waals surface area (Å²) in [5.41, 5.74) is 5.84. The predicted molar refractivity (Wildman–Crippen MR) is 105 cm³/mol. The molecule has 1 aromatic heterocycles. The normalized spacial score (nSPS) is 10.3. The van der Waals surface area contributed by atoms with Crippen molar-refractivity contribution in [1.29, 1.82) is 5.26 Å². The first kappa shape index (κ1) is 17.7. The van der Waals surface area contributed by atoms with Crippen molar-refractivity contribution in [1.82, 2.24) is 9.97 Å². The van der Waals surface area contributed by atoms with E-state index in [1.54, 1.807) is 30.5 Å². The Labute approximate surface area is 157 Å². The second-order valence-electron chi connectivity index (χ2n) is 6.10. The standard InChI is InChI=1S/C20H18ClN5/c1-12-8-13(2)18(14(3)9-12)25-20-23-11-17(21)19(26-20)24-16-6-4-15(10-22)5-7-16/h4-9,11H,1-3H3,(H2,23,24,25,26). The molecule has 0 aliphatic carbocycles. The molecule has 3 aromatic rings. The minimum atomic E-state index is 0.414. The number of hydrogen-bond donors (Lipinski definition) is 2. The third-order valence-electron chi connectivity index (χ3n) is 3.93. The van der Waals surface area contributed by atoms with Gasteiger partial charge in [-0.3, -0.25) is 0 Å². The van der Waals surface area contributed by atoms with Crippen LogP contribution in [0.1, 0.15) is 22.3 Å². The van der Waals surface area contributed by atoms with Crippen molar-refractivity contribution in [2.24, 2.45) is 0 Å². The molecule has 0 aliphatic heterocycles. The van der Waals surface area contributed by atoms with E-state index >= 15 is 0 Å². The lowest BCUT2D eigenvalue weighted by atomic mass is 10.1. The molecular formula is C20H18ClN5. The first-order chi connectivity index (χ1) is 12.5. The molecule has 0 bridgehead atoms. The van der Waals surface area contributed by atoms with Gasteiger partial charge in [-0.25, -0.2) is 4.98 Å². The Hall–Kier alpha value is -3.10. The number of hydrogen-bond acceptors (Lipinski definition) is 5. The van der Waals surface area contributed by atoms with Gasteiger partial charge in [-0.05, 0) is 56.2 Å². The van der Waals surface area contributed by atoms with Gasteiger partial charge in [0.1, 0.15) is 5.02 Å². The summed E-state index contributed by atoms with van der Waals surface area (Å²) in [5.74, 6) is 0.955. The number of halogens is 1. The Balaban J connectivity index is 1.87. The molecule has 0 unspecified atom stereocenters. The lowest BCUT2D eigenvalue weighted by Crippen LogP contribution is -2.04. The summed E-state index contributed by atoms with van der Waals surface area (Å²) in [4.78, 5) is 8.75. The lowest BCUT2D eigenvalue weighted by Gasteiger charge is -2.14. The highest BCUT2D eigenvalue weighted by Crippen LogP contribution is 2.28. The fraction of sp³-hybridized carbons (Fsp3) is 0.150. The Bertz CT molecular complexity index is 967. The maximum Gasteiger partial charge on any atom is 0.229 e. The summed E-state index contributed by atoms with van der Waals surface area (Å²) < 4.78 is 0. The van der Waals surface area contributed by atoms with Gasteiger partial charge in [-0.15, -0.1) is 0 Å². The van der Waals surface area contributed by atoms with Crippen LogP contribution in [0.25, 0.3) is 0 Å². The first-order valence-electron chi connectivity index (χ1n) is 8.11. The number of aryl methyl sites for hydroxylation is 3. The average molecular weight is 364 g/mol. The molecule has 0 radical (unpaired) electrons. The van der Waals surface area contributed by atoms with Gasteiger partial charge in [0.15, 0.2) is 5.82 Å². The van der Waals surface area contributed by atoms with Crippen molar-refractivity contribution >= 4 is 34.7 Å². The Kier molecular flexibility index (Phi) is 5.06. The highest BCUT2D eigenvalue weighted by molar-refractivity contribution is 6.32. The topological polar surface area (TPSA) is 73.6 Å². The van der Waals surface area contributed by atoms with Crippen molar-refractivity contribution in [3.63, 3.8) is 0 Å². The number of nitrogens with zero attached hydrogens (tertiary/aromatic N) is 3. The molecule has 130 valence electrons. The molecular weight excluding hydrogens is 346 g/mol. The first-order valence-corrected chi connectivity index (χ1v) is 8.48. The number of nitriles is 1. The van der Waals surface area contributed by atoms with Crippen molar-refractivity contribution in [3.8, 4) is 6.07 Å². The zero-order valence-corrected chi connectivity index (χ0v) is 15.5. The van der Waals surface area contributed by atoms with Gasteiger partial charge in [0.05, 0.1) is 17.8 Å². The number of aromatic nitrogens is 2. The fourth-order valence-electron chi connectivity index (χ4n) is 2.77. The van der Waals surface area contributed by atoms with Crippen LogP contribution in [-0.2, 0) is 0 Å². The van der Waals surface area contributed by atoms with E-state index in [0.717, 1.165) is 22.5 Å². The number of rotatable bonds is 4. The van der Waals surface area contributed by atoms with E-state index in [2.05, 4.69) is 45.7 Å². The van der Waals surface area contributed by atoms with E-state index in [1.807, 2.05) is 13.8 Å². The highest BCUT2D eigenvalue weighted by Gasteiger charge is 2.09. The summed E-state index contributed by atoms with van der Waals surface area (Å²) in [7, 11) is 0. The van der Waals surface area contributed by atoms with Gasteiger partial charge in [-0.1, -0.05) is 29.3 Å². The van der Waals surface area contributed by atoms with Crippen molar-refractivity contribution < 1.29 is 0 Å². The maximum absolute atomic E-state index is 8.88. The van der Waals surface area contributed by atoms with Crippen LogP contribution in [0.3, 0.4) is 0 Å². The molecule has 5 nitrogen and oxygen atoms in total. The Morgan fingerprint density at radius 3 is 2.27 bits per heavy atom. The summed E-state index contributed by atoms with van der Waals surface area (Å²) >= 11 is 6.22. The molecule has 3 rings (SSSR count). The molecule has 2 aromatic carbocycles. The molecule has 6 heteroatoms. The van der Waals surface area contributed by atoms with Crippen LogP contribution in [0.15, 0.2) is 42.6 Å². The van der Waals surface area contributed by atoms with Gasteiger partial charge >= 0.3 is 0 Å². The number of anilines is 4. The molecule has 0 saturated carbocycles. The van der Waals surface area contributed by atoms with Crippen LogP contribution >= 0.6 is 11.6 Å². The van der Waals surface area contributed by atoms with Gasteiger partial charge in [0.25, 0.3) is 0 Å². The van der Waals surface area contributed by atoms with Gasteiger partial charge < -0.3 is 10.6 Å². The SMILES string of the molecule is Cc1cc(C)c(Nc2ncc(Cl)c(Nc3ccc(C#N)cc3)n2)c(C)c1. The second-order valence-corrected chi connectivity index (χ2v) is 6.51. The highest BCUT2D eigenvalue weighted by atomic mass is 35.5. The molecule has 1 heterocycles. The predicted octanol–water partition coefficient (Wildman–Crippen LogP) is 5.41. The molecule has 0 atom stereocenters. The molecule has 0 spiro atoms. The van der Waals surface area contributed by atoms with Crippen LogP contribution in [0, 0.1) is 32.1 Å². The summed E-state index contributed by atoms with van der Waals surface area (Å²) in [6.45, 7) is 6.17. The van der Waals surface area contributed by atoms with E-state index in [4.69, 9.17) is 16.9 Å². The molecule has 2 N–H and O–H groups in total. The average Bonchev–Trinajstić information content (AvgIpc) is 2.61. The second kappa shape index (κ2) is 7.42. The number of nitrogens with one attached hydrogen (secondary N) is 2. The van der Waals surface area contributed by atoms with E-state index < -0.39 is 0 Å². The van der Waals surface area contributed by atoms with E-state index in [1.165, 1.54) is 5.56 Å². The van der Waals surface area contributed by atoms with Crippen molar-refractivity contribution in [2.45, 2.75) is 20.8 Å². The van der Waals surface area contributed by atoms with E-state index in [-0.39, 0.29) is 0 Å². The van der Waals surface area contributed by atoms with Gasteiger partial charge in [0, 0.05) is 11.4 Å². The molecule has 0 fully saturated rings. The molecule has 0 saturated heterocycles. The summed E-state index contributed by atoms with van der Waals surface area (Å²) in [6.07, 6.45) is 1.56. The third kappa shape index (κ3) is 3.93. The van der Waals surface area contributed by atoms with Crippen LogP contribution in [0.4, 0.5) is 23.1 Å². The minimum Gasteiger partial charge on any atom is -0.339 e.